The lowest BCUT2D eigenvalue weighted by molar-refractivity contribution is 0.109. The van der Waals surface area contributed by atoms with Crippen LogP contribution in [0.1, 0.15) is 26.7 Å². The second-order valence-electron chi connectivity index (χ2n) is 4.33. The molecule has 2 unspecified atom stereocenters. The highest BCUT2D eigenvalue weighted by molar-refractivity contribution is 5.14. The average molecular weight is 198 g/mol. The van der Waals surface area contributed by atoms with Crippen molar-refractivity contribution < 1.29 is 4.74 Å². The molecule has 0 amide bonds. The summed E-state index contributed by atoms with van der Waals surface area (Å²) in [4.78, 5) is 2.18. The number of rotatable bonds is 4. The van der Waals surface area contributed by atoms with Crippen molar-refractivity contribution in [3.05, 3.63) is 11.8 Å². The second kappa shape index (κ2) is 4.32. The van der Waals surface area contributed by atoms with E-state index in [9.17, 15) is 0 Å². The van der Waals surface area contributed by atoms with E-state index in [0.717, 1.165) is 25.2 Å². The van der Waals surface area contributed by atoms with E-state index >= 15 is 0 Å². The summed E-state index contributed by atoms with van der Waals surface area (Å²) in [7, 11) is 4.14. The third-order valence-electron chi connectivity index (χ3n) is 3.45. The predicted octanol–water partition coefficient (Wildman–Crippen LogP) is 1.35. The van der Waals surface area contributed by atoms with Gasteiger partial charge >= 0.3 is 0 Å². The summed E-state index contributed by atoms with van der Waals surface area (Å²) < 4.78 is 5.52. The fraction of sp³-hybridized carbons (Fsp3) is 0.818. The highest BCUT2D eigenvalue weighted by Gasteiger charge is 2.36. The van der Waals surface area contributed by atoms with Gasteiger partial charge in [0.25, 0.3) is 0 Å². The molecule has 1 aliphatic heterocycles. The number of nitrogens with zero attached hydrogens (tertiary/aromatic N) is 1. The van der Waals surface area contributed by atoms with E-state index in [-0.39, 0.29) is 11.6 Å². The van der Waals surface area contributed by atoms with Crippen molar-refractivity contribution in [1.82, 2.24) is 4.90 Å². The zero-order valence-electron chi connectivity index (χ0n) is 9.71. The molecule has 14 heavy (non-hydrogen) atoms. The Kier molecular flexibility index (Phi) is 3.56. The van der Waals surface area contributed by atoms with Gasteiger partial charge in [0.15, 0.2) is 0 Å². The summed E-state index contributed by atoms with van der Waals surface area (Å²) >= 11 is 0. The van der Waals surface area contributed by atoms with Gasteiger partial charge < -0.3 is 15.4 Å². The van der Waals surface area contributed by atoms with Crippen molar-refractivity contribution in [2.75, 3.05) is 20.7 Å². The van der Waals surface area contributed by atoms with Crippen molar-refractivity contribution in [3.8, 4) is 0 Å². The van der Waals surface area contributed by atoms with Crippen LogP contribution in [0.15, 0.2) is 11.8 Å². The molecule has 0 radical (unpaired) electrons. The first kappa shape index (κ1) is 11.5. The predicted molar refractivity (Wildman–Crippen MR) is 59.0 cm³/mol. The Morgan fingerprint density at radius 2 is 2.29 bits per heavy atom. The molecule has 2 atom stereocenters. The lowest BCUT2D eigenvalue weighted by Crippen LogP contribution is -2.55. The van der Waals surface area contributed by atoms with Gasteiger partial charge in [-0.2, -0.15) is 0 Å². The fourth-order valence-corrected chi connectivity index (χ4v) is 1.77. The Balaban J connectivity index is 2.78. The van der Waals surface area contributed by atoms with Crippen LogP contribution in [0.25, 0.3) is 0 Å². The van der Waals surface area contributed by atoms with Crippen LogP contribution in [0.5, 0.6) is 0 Å². The van der Waals surface area contributed by atoms with Crippen molar-refractivity contribution >= 4 is 0 Å². The van der Waals surface area contributed by atoms with E-state index in [4.69, 9.17) is 10.5 Å². The Morgan fingerprint density at radius 3 is 2.64 bits per heavy atom. The van der Waals surface area contributed by atoms with Gasteiger partial charge in [-0.1, -0.05) is 6.92 Å². The van der Waals surface area contributed by atoms with Gasteiger partial charge in [0.05, 0.1) is 12.6 Å². The standard InChI is InChI=1S/C11H22N2O/c1-5-11(2,13(3)4)10(12)9-7-6-8-14-9/h7,10H,5-6,8,12H2,1-4H3. The van der Waals surface area contributed by atoms with Gasteiger partial charge in [-0.25, -0.2) is 0 Å². The number of likely N-dealkylation sites (N-methyl/N-ethyl adjacent to an activating group) is 1. The van der Waals surface area contributed by atoms with Crippen molar-refractivity contribution in [2.24, 2.45) is 5.73 Å². The molecular weight excluding hydrogens is 176 g/mol. The summed E-state index contributed by atoms with van der Waals surface area (Å²) in [5.41, 5.74) is 6.22. The first-order valence-corrected chi connectivity index (χ1v) is 5.28. The molecule has 2 N–H and O–H groups in total. The van der Waals surface area contributed by atoms with Gasteiger partial charge in [0.1, 0.15) is 5.76 Å². The molecule has 0 aromatic heterocycles. The van der Waals surface area contributed by atoms with E-state index < -0.39 is 0 Å². The lowest BCUT2D eigenvalue weighted by atomic mass is 9.87. The average Bonchev–Trinajstić information content (AvgIpc) is 2.67. The molecule has 1 aliphatic rings. The quantitative estimate of drug-likeness (QED) is 0.741. The Bertz CT molecular complexity index is 225. The molecule has 0 saturated carbocycles. The number of nitrogens with two attached hydrogens (primary N) is 1. The molecule has 0 aromatic rings. The van der Waals surface area contributed by atoms with Crippen LogP contribution >= 0.6 is 0 Å². The number of hydrogen-bond donors (Lipinski definition) is 1. The molecule has 0 saturated heterocycles. The van der Waals surface area contributed by atoms with Crippen LogP contribution in [-0.2, 0) is 4.74 Å². The van der Waals surface area contributed by atoms with E-state index in [1.54, 1.807) is 0 Å². The Labute approximate surface area is 86.9 Å². The molecule has 0 aromatic carbocycles. The third-order valence-corrected chi connectivity index (χ3v) is 3.45. The third kappa shape index (κ3) is 1.93. The van der Waals surface area contributed by atoms with Crippen LogP contribution in [0.2, 0.25) is 0 Å². The molecule has 82 valence electrons. The van der Waals surface area contributed by atoms with E-state index in [0.29, 0.717) is 0 Å². The number of hydrogen-bond acceptors (Lipinski definition) is 3. The van der Waals surface area contributed by atoms with Crippen LogP contribution in [0.3, 0.4) is 0 Å². The smallest absolute Gasteiger partial charge is 0.111 e. The van der Waals surface area contributed by atoms with E-state index in [2.05, 4.69) is 38.9 Å². The molecule has 0 bridgehead atoms. The monoisotopic (exact) mass is 198 g/mol. The van der Waals surface area contributed by atoms with Gasteiger partial charge in [0.2, 0.25) is 0 Å². The minimum atomic E-state index is -0.0231. The maximum atomic E-state index is 6.23. The van der Waals surface area contributed by atoms with Gasteiger partial charge in [-0.3, -0.25) is 0 Å². The molecule has 1 rings (SSSR count). The molecule has 0 spiro atoms. The van der Waals surface area contributed by atoms with Gasteiger partial charge in [0, 0.05) is 12.0 Å². The van der Waals surface area contributed by atoms with Crippen molar-refractivity contribution in [3.63, 3.8) is 0 Å². The molecule has 0 fully saturated rings. The van der Waals surface area contributed by atoms with Crippen LogP contribution in [0, 0.1) is 0 Å². The molecular formula is C11H22N2O. The fourth-order valence-electron chi connectivity index (χ4n) is 1.77. The zero-order chi connectivity index (χ0) is 10.8. The van der Waals surface area contributed by atoms with Crippen LogP contribution < -0.4 is 5.73 Å². The topological polar surface area (TPSA) is 38.5 Å². The van der Waals surface area contributed by atoms with Gasteiger partial charge in [-0.05, 0) is 33.5 Å². The normalized spacial score (nSPS) is 22.9. The molecule has 3 heteroatoms. The first-order chi connectivity index (χ1) is 6.52. The summed E-state index contributed by atoms with van der Waals surface area (Å²) in [5, 5.41) is 0. The zero-order valence-corrected chi connectivity index (χ0v) is 9.71. The van der Waals surface area contributed by atoms with E-state index in [1.807, 2.05) is 0 Å². The summed E-state index contributed by atoms with van der Waals surface area (Å²) in [6.45, 7) is 5.13. The number of ether oxygens (including phenoxy) is 1. The maximum Gasteiger partial charge on any atom is 0.111 e. The van der Waals surface area contributed by atoms with Crippen molar-refractivity contribution in [1.29, 1.82) is 0 Å². The Morgan fingerprint density at radius 1 is 1.64 bits per heavy atom. The largest absolute Gasteiger partial charge is 0.496 e. The van der Waals surface area contributed by atoms with E-state index in [1.165, 1.54) is 0 Å². The van der Waals surface area contributed by atoms with Crippen molar-refractivity contribution in [2.45, 2.75) is 38.3 Å². The SMILES string of the molecule is CCC(C)(C(N)C1=CCCO1)N(C)C. The molecule has 1 heterocycles. The highest BCUT2D eigenvalue weighted by atomic mass is 16.5. The summed E-state index contributed by atoms with van der Waals surface area (Å²) in [6.07, 6.45) is 4.13. The minimum absolute atomic E-state index is 0.0177. The Hall–Kier alpha value is -0.540. The maximum absolute atomic E-state index is 6.23. The summed E-state index contributed by atoms with van der Waals surface area (Å²) in [5.74, 6) is 0.961. The minimum Gasteiger partial charge on any atom is -0.496 e. The van der Waals surface area contributed by atoms with Gasteiger partial charge in [-0.15, -0.1) is 0 Å². The molecule has 3 nitrogen and oxygen atoms in total. The highest BCUT2D eigenvalue weighted by Crippen LogP contribution is 2.27. The van der Waals surface area contributed by atoms with Crippen LogP contribution in [0.4, 0.5) is 0 Å². The second-order valence-corrected chi connectivity index (χ2v) is 4.33. The first-order valence-electron chi connectivity index (χ1n) is 5.28. The summed E-state index contributed by atoms with van der Waals surface area (Å²) in [6, 6.07) is -0.0231. The molecule has 0 aliphatic carbocycles. The lowest BCUT2D eigenvalue weighted by Gasteiger charge is -2.40. The van der Waals surface area contributed by atoms with Crippen LogP contribution in [-0.4, -0.2) is 37.2 Å².